The summed E-state index contributed by atoms with van der Waals surface area (Å²) in [4.78, 5) is 0. The van der Waals surface area contributed by atoms with Crippen molar-refractivity contribution in [1.82, 2.24) is 0 Å². The molecule has 0 aliphatic rings. The molecular weight excluding hydrogens is 246 g/mol. The summed E-state index contributed by atoms with van der Waals surface area (Å²) >= 11 is 0. The SMILES string of the molecule is CCOc1cccc(C(N)(CC)Cc2ccccc2)c1. The van der Waals surface area contributed by atoms with Crippen LogP contribution in [0, 0.1) is 0 Å². The molecule has 0 fully saturated rings. The van der Waals surface area contributed by atoms with Gasteiger partial charge in [-0.25, -0.2) is 0 Å². The highest BCUT2D eigenvalue weighted by Gasteiger charge is 2.26. The molecule has 2 nitrogen and oxygen atoms in total. The molecule has 2 aromatic carbocycles. The minimum atomic E-state index is -0.353. The first kappa shape index (κ1) is 14.6. The average Bonchev–Trinajstić information content (AvgIpc) is 2.49. The van der Waals surface area contributed by atoms with Crippen LogP contribution in [0.5, 0.6) is 5.75 Å². The van der Waals surface area contributed by atoms with E-state index in [4.69, 9.17) is 10.5 Å². The van der Waals surface area contributed by atoms with Crippen molar-refractivity contribution < 1.29 is 4.74 Å². The predicted molar refractivity (Wildman–Crippen MR) is 83.9 cm³/mol. The highest BCUT2D eigenvalue weighted by atomic mass is 16.5. The second-order valence-electron chi connectivity index (χ2n) is 5.13. The molecule has 0 amide bonds. The van der Waals surface area contributed by atoms with Gasteiger partial charge in [0.1, 0.15) is 5.75 Å². The summed E-state index contributed by atoms with van der Waals surface area (Å²) in [5, 5.41) is 0. The highest BCUT2D eigenvalue weighted by molar-refractivity contribution is 5.35. The lowest BCUT2D eigenvalue weighted by Crippen LogP contribution is -2.38. The van der Waals surface area contributed by atoms with E-state index < -0.39 is 0 Å². The Balaban J connectivity index is 2.27. The molecule has 0 aliphatic heterocycles. The monoisotopic (exact) mass is 269 g/mol. The molecule has 106 valence electrons. The van der Waals surface area contributed by atoms with Crippen molar-refractivity contribution in [3.05, 3.63) is 65.7 Å². The van der Waals surface area contributed by atoms with Gasteiger partial charge in [-0.15, -0.1) is 0 Å². The van der Waals surface area contributed by atoms with Gasteiger partial charge in [0.05, 0.1) is 6.61 Å². The molecule has 2 N–H and O–H groups in total. The highest BCUT2D eigenvalue weighted by Crippen LogP contribution is 2.29. The minimum absolute atomic E-state index is 0.353. The lowest BCUT2D eigenvalue weighted by Gasteiger charge is -2.29. The van der Waals surface area contributed by atoms with E-state index in [0.29, 0.717) is 6.61 Å². The lowest BCUT2D eigenvalue weighted by molar-refractivity contribution is 0.337. The number of hydrogen-bond donors (Lipinski definition) is 1. The largest absolute Gasteiger partial charge is 0.494 e. The Morgan fingerprint density at radius 3 is 2.40 bits per heavy atom. The van der Waals surface area contributed by atoms with E-state index in [1.54, 1.807) is 0 Å². The van der Waals surface area contributed by atoms with E-state index in [0.717, 1.165) is 24.2 Å². The molecule has 0 heterocycles. The molecule has 0 saturated heterocycles. The number of rotatable bonds is 6. The zero-order valence-corrected chi connectivity index (χ0v) is 12.3. The summed E-state index contributed by atoms with van der Waals surface area (Å²) in [6.45, 7) is 4.80. The van der Waals surface area contributed by atoms with Crippen LogP contribution in [0.3, 0.4) is 0 Å². The Bertz CT molecular complexity index is 538. The van der Waals surface area contributed by atoms with Crippen molar-refractivity contribution in [2.75, 3.05) is 6.61 Å². The Kier molecular flexibility index (Phi) is 4.80. The Morgan fingerprint density at radius 2 is 1.75 bits per heavy atom. The van der Waals surface area contributed by atoms with Crippen LogP contribution in [-0.4, -0.2) is 6.61 Å². The number of benzene rings is 2. The topological polar surface area (TPSA) is 35.2 Å². The zero-order chi connectivity index (χ0) is 14.4. The fraction of sp³-hybridized carbons (Fsp3) is 0.333. The molecule has 0 aliphatic carbocycles. The maximum absolute atomic E-state index is 6.66. The van der Waals surface area contributed by atoms with Gasteiger partial charge in [-0.2, -0.15) is 0 Å². The van der Waals surface area contributed by atoms with Crippen LogP contribution >= 0.6 is 0 Å². The first-order valence-electron chi connectivity index (χ1n) is 7.24. The summed E-state index contributed by atoms with van der Waals surface area (Å²) in [5.74, 6) is 0.890. The molecule has 0 saturated carbocycles. The van der Waals surface area contributed by atoms with Crippen LogP contribution < -0.4 is 10.5 Å². The lowest BCUT2D eigenvalue weighted by atomic mass is 9.82. The molecule has 0 spiro atoms. The van der Waals surface area contributed by atoms with Gasteiger partial charge in [-0.1, -0.05) is 49.4 Å². The van der Waals surface area contributed by atoms with Gasteiger partial charge in [0.2, 0.25) is 0 Å². The zero-order valence-electron chi connectivity index (χ0n) is 12.3. The quantitative estimate of drug-likeness (QED) is 0.863. The summed E-state index contributed by atoms with van der Waals surface area (Å²) in [5.41, 5.74) is 8.70. The number of ether oxygens (including phenoxy) is 1. The van der Waals surface area contributed by atoms with Crippen LogP contribution in [0.4, 0.5) is 0 Å². The average molecular weight is 269 g/mol. The van der Waals surface area contributed by atoms with E-state index >= 15 is 0 Å². The van der Waals surface area contributed by atoms with Crippen LogP contribution in [0.2, 0.25) is 0 Å². The number of nitrogens with two attached hydrogens (primary N) is 1. The minimum Gasteiger partial charge on any atom is -0.494 e. The molecule has 1 unspecified atom stereocenters. The van der Waals surface area contributed by atoms with E-state index in [2.05, 4.69) is 43.3 Å². The smallest absolute Gasteiger partial charge is 0.119 e. The van der Waals surface area contributed by atoms with Gasteiger partial charge >= 0.3 is 0 Å². The maximum Gasteiger partial charge on any atom is 0.119 e. The second kappa shape index (κ2) is 6.58. The first-order chi connectivity index (χ1) is 9.68. The normalized spacial score (nSPS) is 13.8. The molecule has 2 heteroatoms. The van der Waals surface area contributed by atoms with Gasteiger partial charge in [-0.3, -0.25) is 0 Å². The van der Waals surface area contributed by atoms with Gasteiger partial charge in [0.25, 0.3) is 0 Å². The van der Waals surface area contributed by atoms with Crippen molar-refractivity contribution in [1.29, 1.82) is 0 Å². The summed E-state index contributed by atoms with van der Waals surface area (Å²) < 4.78 is 5.58. The predicted octanol–water partition coefficient (Wildman–Crippen LogP) is 3.89. The maximum atomic E-state index is 6.66. The van der Waals surface area contributed by atoms with E-state index in [1.807, 2.05) is 25.1 Å². The molecule has 0 bridgehead atoms. The van der Waals surface area contributed by atoms with Crippen LogP contribution in [-0.2, 0) is 12.0 Å². The standard InChI is InChI=1S/C18H23NO/c1-3-18(19,14-15-9-6-5-7-10-15)16-11-8-12-17(13-16)20-4-2/h5-13H,3-4,14,19H2,1-2H3. The first-order valence-corrected chi connectivity index (χ1v) is 7.24. The van der Waals surface area contributed by atoms with E-state index in [1.165, 1.54) is 5.56 Å². The van der Waals surface area contributed by atoms with Crippen LogP contribution in [0.1, 0.15) is 31.4 Å². The molecule has 0 radical (unpaired) electrons. The van der Waals surface area contributed by atoms with Crippen molar-refractivity contribution in [2.24, 2.45) is 5.73 Å². The van der Waals surface area contributed by atoms with Crippen molar-refractivity contribution in [3.63, 3.8) is 0 Å². The summed E-state index contributed by atoms with van der Waals surface area (Å²) in [6, 6.07) is 18.6. The van der Waals surface area contributed by atoms with Crippen LogP contribution in [0.25, 0.3) is 0 Å². The van der Waals surface area contributed by atoms with E-state index in [-0.39, 0.29) is 5.54 Å². The fourth-order valence-electron chi connectivity index (χ4n) is 2.45. The van der Waals surface area contributed by atoms with Gasteiger partial charge in [-0.05, 0) is 43.0 Å². The Labute approximate surface area is 121 Å². The van der Waals surface area contributed by atoms with Crippen molar-refractivity contribution >= 4 is 0 Å². The van der Waals surface area contributed by atoms with E-state index in [9.17, 15) is 0 Å². The number of hydrogen-bond acceptors (Lipinski definition) is 2. The van der Waals surface area contributed by atoms with Gasteiger partial charge in [0.15, 0.2) is 0 Å². The molecular formula is C18H23NO. The Hall–Kier alpha value is -1.80. The summed E-state index contributed by atoms with van der Waals surface area (Å²) in [7, 11) is 0. The molecule has 2 rings (SSSR count). The second-order valence-corrected chi connectivity index (χ2v) is 5.13. The van der Waals surface area contributed by atoms with Gasteiger partial charge < -0.3 is 10.5 Å². The molecule has 1 atom stereocenters. The molecule has 20 heavy (non-hydrogen) atoms. The van der Waals surface area contributed by atoms with Gasteiger partial charge in [0, 0.05) is 5.54 Å². The third-order valence-electron chi connectivity index (χ3n) is 3.71. The van der Waals surface area contributed by atoms with Crippen molar-refractivity contribution in [2.45, 2.75) is 32.2 Å². The molecule has 2 aromatic rings. The third-order valence-corrected chi connectivity index (χ3v) is 3.71. The Morgan fingerprint density at radius 1 is 1.00 bits per heavy atom. The van der Waals surface area contributed by atoms with Crippen LogP contribution in [0.15, 0.2) is 54.6 Å². The molecule has 0 aromatic heterocycles. The van der Waals surface area contributed by atoms with Crippen molar-refractivity contribution in [3.8, 4) is 5.75 Å². The summed E-state index contributed by atoms with van der Waals surface area (Å²) in [6.07, 6.45) is 1.72. The third kappa shape index (κ3) is 3.40. The fourth-order valence-corrected chi connectivity index (χ4v) is 2.45.